The number of hydrogen-bond acceptors (Lipinski definition) is 5. The Morgan fingerprint density at radius 1 is 1.29 bits per heavy atom. The van der Waals surface area contributed by atoms with Crippen LogP contribution in [0, 0.1) is 0 Å². The van der Waals surface area contributed by atoms with E-state index in [9.17, 15) is 0 Å². The Hall–Kier alpha value is 1.31. The van der Waals surface area contributed by atoms with Crippen molar-refractivity contribution in [2.75, 3.05) is 5.32 Å². The monoisotopic (exact) mass is 313 g/mol. The van der Waals surface area contributed by atoms with Crippen molar-refractivity contribution in [3.63, 3.8) is 0 Å². The molecule has 7 heteroatoms. The molecule has 90 valence electrons. The zero-order valence-corrected chi connectivity index (χ0v) is 15.9. The average Bonchev–Trinajstić information content (AvgIpc) is 2.64. The minimum absolute atomic E-state index is 0. The molecular weight excluding hydrogens is 297 g/mol. The van der Waals surface area contributed by atoms with Gasteiger partial charge in [-0.2, -0.15) is 0 Å². The maximum absolute atomic E-state index is 4.76. The molecule has 0 aliphatic heterocycles. The molecule has 0 radical (unpaired) electrons. The van der Waals surface area contributed by atoms with Gasteiger partial charge in [0.05, 0.1) is 0 Å². The first kappa shape index (κ1) is 18.3. The number of thiocarbonyl (C=S) groups is 1. The van der Waals surface area contributed by atoms with Crippen LogP contribution in [-0.2, 0) is 19.0 Å². The predicted molar refractivity (Wildman–Crippen MR) is 76.0 cm³/mol. The van der Waals surface area contributed by atoms with Crippen LogP contribution < -0.4 is 56.7 Å². The summed E-state index contributed by atoms with van der Waals surface area (Å²) in [6.45, 7) is 2.22. The van der Waals surface area contributed by atoms with E-state index < -0.39 is 0 Å². The van der Waals surface area contributed by atoms with Gasteiger partial charge in [-0.25, -0.2) is 0 Å². The summed E-state index contributed by atoms with van der Waals surface area (Å²) in [4.78, 5) is 0. The number of aromatic nitrogens is 2. The van der Waals surface area contributed by atoms with Gasteiger partial charge in [-0.15, -0.1) is 10.2 Å². The standard InChI is InChI=1S/C10H17N3S3.K/c1-2-3-4-5-6-7-8-12-13-9(16-8)11-10(14)15;/h2-7H2,1H3,(H2,11,13,14,15);/q;+1/p-1. The molecular formula is C10H16KN3S3. The molecule has 0 fully saturated rings. The van der Waals surface area contributed by atoms with Crippen LogP contribution >= 0.6 is 23.6 Å². The number of hydrogen-bond donors (Lipinski definition) is 1. The fourth-order valence-electron chi connectivity index (χ4n) is 1.37. The first-order valence-corrected chi connectivity index (χ1v) is 7.16. The van der Waals surface area contributed by atoms with E-state index in [1.807, 2.05) is 0 Å². The van der Waals surface area contributed by atoms with Crippen LogP contribution in [-0.4, -0.2) is 14.5 Å². The van der Waals surface area contributed by atoms with Gasteiger partial charge in [0.15, 0.2) is 0 Å². The maximum atomic E-state index is 4.76. The maximum Gasteiger partial charge on any atom is 1.00 e. The first-order chi connectivity index (χ1) is 7.72. The third kappa shape index (κ3) is 8.93. The van der Waals surface area contributed by atoms with Crippen molar-refractivity contribution < 1.29 is 51.4 Å². The van der Waals surface area contributed by atoms with Crippen LogP contribution in [0.2, 0.25) is 0 Å². The van der Waals surface area contributed by atoms with Crippen LogP contribution in [0.3, 0.4) is 0 Å². The van der Waals surface area contributed by atoms with Crippen LogP contribution in [0.15, 0.2) is 0 Å². The van der Waals surface area contributed by atoms with Crippen molar-refractivity contribution >= 4 is 45.6 Å². The average molecular weight is 314 g/mol. The van der Waals surface area contributed by atoms with E-state index in [1.165, 1.54) is 43.4 Å². The van der Waals surface area contributed by atoms with Gasteiger partial charge in [-0.05, 0) is 6.42 Å². The fourth-order valence-corrected chi connectivity index (χ4v) is 2.48. The minimum Gasteiger partial charge on any atom is -0.411 e. The van der Waals surface area contributed by atoms with Crippen molar-refractivity contribution in [2.24, 2.45) is 0 Å². The van der Waals surface area contributed by atoms with Crippen molar-refractivity contribution in [1.82, 2.24) is 10.2 Å². The summed E-state index contributed by atoms with van der Waals surface area (Å²) in [5.74, 6) is 0. The normalized spacial score (nSPS) is 9.71. The molecule has 0 saturated heterocycles. The number of rotatable bonds is 7. The third-order valence-corrected chi connectivity index (χ3v) is 3.27. The molecule has 1 aromatic heterocycles. The number of nitrogens with one attached hydrogen (secondary N) is 1. The van der Waals surface area contributed by atoms with Crippen molar-refractivity contribution in [1.29, 1.82) is 0 Å². The second-order valence-electron chi connectivity index (χ2n) is 3.58. The summed E-state index contributed by atoms with van der Waals surface area (Å²) in [5, 5.41) is 12.7. The van der Waals surface area contributed by atoms with E-state index in [0.29, 0.717) is 9.45 Å². The van der Waals surface area contributed by atoms with E-state index >= 15 is 0 Å². The molecule has 1 heterocycles. The van der Waals surface area contributed by atoms with E-state index in [0.717, 1.165) is 11.4 Å². The molecule has 0 saturated carbocycles. The quantitative estimate of drug-likeness (QED) is 0.339. The molecule has 1 rings (SSSR count). The summed E-state index contributed by atoms with van der Waals surface area (Å²) >= 11 is 11.1. The molecule has 17 heavy (non-hydrogen) atoms. The number of anilines is 1. The van der Waals surface area contributed by atoms with E-state index in [1.54, 1.807) is 0 Å². The largest absolute Gasteiger partial charge is 1.00 e. The summed E-state index contributed by atoms with van der Waals surface area (Å²) in [7, 11) is 0. The van der Waals surface area contributed by atoms with Gasteiger partial charge >= 0.3 is 51.4 Å². The Kier molecular flexibility index (Phi) is 12.0. The predicted octanol–water partition coefficient (Wildman–Crippen LogP) is 0.299. The summed E-state index contributed by atoms with van der Waals surface area (Å²) in [6, 6.07) is 0. The summed E-state index contributed by atoms with van der Waals surface area (Å²) in [6.07, 6.45) is 7.39. The van der Waals surface area contributed by atoms with Crippen LogP contribution in [0.4, 0.5) is 5.13 Å². The Morgan fingerprint density at radius 3 is 2.65 bits per heavy atom. The SMILES string of the molecule is CCCCCCCc1nnc(NC(=S)[S-])s1.[K+]. The Morgan fingerprint density at radius 2 is 2.00 bits per heavy atom. The molecule has 0 bridgehead atoms. The van der Waals surface area contributed by atoms with Crippen LogP contribution in [0.5, 0.6) is 0 Å². The second kappa shape index (κ2) is 11.2. The van der Waals surface area contributed by atoms with Gasteiger partial charge in [0.2, 0.25) is 5.13 Å². The molecule has 0 amide bonds. The van der Waals surface area contributed by atoms with Gasteiger partial charge in [0.1, 0.15) is 5.01 Å². The van der Waals surface area contributed by atoms with E-state index in [2.05, 4.69) is 22.4 Å². The number of aryl methyl sites for hydroxylation is 1. The second-order valence-corrected chi connectivity index (χ2v) is 5.71. The summed E-state index contributed by atoms with van der Waals surface area (Å²) < 4.78 is 0.325. The zero-order valence-electron chi connectivity index (χ0n) is 10.4. The van der Waals surface area contributed by atoms with Gasteiger partial charge in [-0.1, -0.05) is 48.3 Å². The Bertz CT molecular complexity index is 330. The molecule has 3 nitrogen and oxygen atoms in total. The van der Waals surface area contributed by atoms with Crippen molar-refractivity contribution in [3.8, 4) is 0 Å². The van der Waals surface area contributed by atoms with Crippen molar-refractivity contribution in [3.05, 3.63) is 5.01 Å². The fraction of sp³-hybridized carbons (Fsp3) is 0.700. The van der Waals surface area contributed by atoms with E-state index in [4.69, 9.17) is 24.8 Å². The smallest absolute Gasteiger partial charge is 0.411 e. The zero-order chi connectivity index (χ0) is 11.8. The van der Waals surface area contributed by atoms with E-state index in [-0.39, 0.29) is 51.4 Å². The van der Waals surface area contributed by atoms with Crippen LogP contribution in [0.1, 0.15) is 44.0 Å². The summed E-state index contributed by atoms with van der Waals surface area (Å²) in [5.41, 5.74) is 0. The molecule has 0 aliphatic rings. The molecule has 0 aromatic carbocycles. The molecule has 1 aromatic rings. The van der Waals surface area contributed by atoms with Gasteiger partial charge < -0.3 is 30.2 Å². The number of nitrogens with zero attached hydrogens (tertiary/aromatic N) is 2. The van der Waals surface area contributed by atoms with Crippen molar-refractivity contribution in [2.45, 2.75) is 45.4 Å². The number of unbranched alkanes of at least 4 members (excludes halogenated alkanes) is 4. The molecule has 0 atom stereocenters. The molecule has 0 aliphatic carbocycles. The first-order valence-electron chi connectivity index (χ1n) is 5.52. The Balaban J connectivity index is 0.00000256. The molecule has 1 N–H and O–H groups in total. The minimum atomic E-state index is 0. The van der Waals surface area contributed by atoms with Gasteiger partial charge in [0.25, 0.3) is 0 Å². The topological polar surface area (TPSA) is 37.8 Å². The van der Waals surface area contributed by atoms with Gasteiger partial charge in [-0.3, -0.25) is 0 Å². The van der Waals surface area contributed by atoms with Crippen LogP contribution in [0.25, 0.3) is 0 Å². The van der Waals surface area contributed by atoms with Gasteiger partial charge in [0, 0.05) is 6.42 Å². The Labute approximate surface area is 160 Å². The molecule has 0 unspecified atom stereocenters. The third-order valence-electron chi connectivity index (χ3n) is 2.17. The molecule has 0 spiro atoms.